The van der Waals surface area contributed by atoms with Crippen molar-refractivity contribution in [2.75, 3.05) is 25.2 Å². The Balaban J connectivity index is 0.00000181. The lowest BCUT2D eigenvalue weighted by Gasteiger charge is -2.30. The Morgan fingerprint density at radius 3 is 2.75 bits per heavy atom. The van der Waals surface area contributed by atoms with Crippen LogP contribution in [0.4, 0.5) is 5.69 Å². The van der Waals surface area contributed by atoms with Gasteiger partial charge in [-0.3, -0.25) is 0 Å². The number of nitrogens with two attached hydrogens (primary N) is 1. The van der Waals surface area contributed by atoms with E-state index in [1.54, 1.807) is 43.5 Å². The van der Waals surface area contributed by atoms with Crippen molar-refractivity contribution in [1.29, 1.82) is 0 Å². The minimum Gasteiger partial charge on any atom is -0.496 e. The van der Waals surface area contributed by atoms with Gasteiger partial charge in [-0.1, -0.05) is 29.3 Å². The van der Waals surface area contributed by atoms with Gasteiger partial charge >= 0.3 is 0 Å². The summed E-state index contributed by atoms with van der Waals surface area (Å²) in [6.45, 7) is 0.846. The molecule has 3 aromatic rings. The molecule has 1 fully saturated rings. The number of ether oxygens (including phenoxy) is 3. The second kappa shape index (κ2) is 11.7. The van der Waals surface area contributed by atoms with E-state index in [1.165, 1.54) is 0 Å². The summed E-state index contributed by atoms with van der Waals surface area (Å²) in [5.41, 5.74) is 7.24. The summed E-state index contributed by atoms with van der Waals surface area (Å²) in [6, 6.07) is 10.9. The largest absolute Gasteiger partial charge is 0.496 e. The lowest BCUT2D eigenvalue weighted by Crippen LogP contribution is -2.34. The van der Waals surface area contributed by atoms with Gasteiger partial charge in [-0.2, -0.15) is 0 Å². The van der Waals surface area contributed by atoms with Gasteiger partial charge in [-0.05, 0) is 24.3 Å². The van der Waals surface area contributed by atoms with Gasteiger partial charge in [-0.15, -0.1) is 36.6 Å². The predicted octanol–water partition coefficient (Wildman–Crippen LogP) is 5.69. The van der Waals surface area contributed by atoms with Gasteiger partial charge in [0.25, 0.3) is 0 Å². The van der Waals surface area contributed by atoms with Crippen molar-refractivity contribution in [1.82, 2.24) is 9.55 Å². The molecule has 11 heteroatoms. The van der Waals surface area contributed by atoms with Crippen LogP contribution in [0.3, 0.4) is 0 Å². The molecular formula is C21H23Cl4N3O3S. The number of imidazole rings is 1. The van der Waals surface area contributed by atoms with Crippen molar-refractivity contribution >= 4 is 65.5 Å². The number of halogens is 4. The quantitative estimate of drug-likeness (QED) is 0.308. The summed E-state index contributed by atoms with van der Waals surface area (Å²) in [5, 5.41) is 1.05. The highest BCUT2D eigenvalue weighted by Crippen LogP contribution is 2.42. The minimum atomic E-state index is -1.03. The van der Waals surface area contributed by atoms with Gasteiger partial charge in [0.1, 0.15) is 5.75 Å². The number of aromatic nitrogens is 2. The maximum Gasteiger partial charge on any atom is 0.215 e. The van der Waals surface area contributed by atoms with E-state index < -0.39 is 5.79 Å². The van der Waals surface area contributed by atoms with Gasteiger partial charge in [0.05, 0.1) is 37.7 Å². The highest BCUT2D eigenvalue weighted by atomic mass is 35.5. The van der Waals surface area contributed by atoms with Crippen LogP contribution < -0.4 is 10.5 Å². The molecular weight excluding hydrogens is 516 g/mol. The first kappa shape index (κ1) is 26.9. The zero-order chi connectivity index (χ0) is 21.1. The number of methoxy groups -OCH3 is 1. The fourth-order valence-corrected chi connectivity index (χ4v) is 4.89. The van der Waals surface area contributed by atoms with Gasteiger partial charge in [-0.25, -0.2) is 4.98 Å². The van der Waals surface area contributed by atoms with Crippen LogP contribution in [0.25, 0.3) is 0 Å². The Labute approximate surface area is 213 Å². The predicted molar refractivity (Wildman–Crippen MR) is 134 cm³/mol. The van der Waals surface area contributed by atoms with Crippen LogP contribution in [-0.2, 0) is 21.8 Å². The van der Waals surface area contributed by atoms with E-state index >= 15 is 0 Å². The first-order chi connectivity index (χ1) is 14.5. The van der Waals surface area contributed by atoms with E-state index in [2.05, 4.69) is 4.98 Å². The monoisotopic (exact) mass is 537 g/mol. The third-order valence-corrected chi connectivity index (χ3v) is 6.50. The Bertz CT molecular complexity index is 1030. The van der Waals surface area contributed by atoms with Crippen molar-refractivity contribution in [3.8, 4) is 5.75 Å². The average molecular weight is 539 g/mol. The third-order valence-electron chi connectivity index (χ3n) is 4.76. The first-order valence-corrected chi connectivity index (χ1v) is 11.0. The van der Waals surface area contributed by atoms with Gasteiger partial charge in [0.15, 0.2) is 0 Å². The van der Waals surface area contributed by atoms with Crippen LogP contribution in [0.1, 0.15) is 5.56 Å². The summed E-state index contributed by atoms with van der Waals surface area (Å²) in [6.07, 6.45) is 5.15. The molecule has 1 saturated heterocycles. The lowest BCUT2D eigenvalue weighted by atomic mass is 10.1. The van der Waals surface area contributed by atoms with Crippen molar-refractivity contribution in [2.45, 2.75) is 23.3 Å². The Kier molecular flexibility index (Phi) is 9.85. The van der Waals surface area contributed by atoms with Crippen molar-refractivity contribution < 1.29 is 14.2 Å². The van der Waals surface area contributed by atoms with Crippen LogP contribution >= 0.6 is 59.8 Å². The van der Waals surface area contributed by atoms with E-state index in [0.29, 0.717) is 34.6 Å². The number of benzene rings is 2. The SMILES string of the molecule is COc1cc(N)ccc1SC[C@@H]1CO[C@@](Cn2ccnc2)(c2ccc(Cl)cc2Cl)O1.Cl.Cl. The number of hydrogen-bond donors (Lipinski definition) is 1. The van der Waals surface area contributed by atoms with E-state index in [-0.39, 0.29) is 30.9 Å². The highest BCUT2D eigenvalue weighted by Gasteiger charge is 2.45. The number of rotatable bonds is 7. The van der Waals surface area contributed by atoms with Crippen LogP contribution in [0.15, 0.2) is 60.0 Å². The number of anilines is 1. The Morgan fingerprint density at radius 2 is 2.06 bits per heavy atom. The van der Waals surface area contributed by atoms with Gasteiger partial charge in [0, 0.05) is 45.4 Å². The minimum absolute atomic E-state index is 0. The number of nitrogen functional groups attached to an aromatic ring is 1. The molecule has 0 bridgehead atoms. The van der Waals surface area contributed by atoms with E-state index in [9.17, 15) is 0 Å². The van der Waals surface area contributed by atoms with Crippen LogP contribution in [-0.4, -0.2) is 35.1 Å². The maximum absolute atomic E-state index is 6.51. The smallest absolute Gasteiger partial charge is 0.215 e. The highest BCUT2D eigenvalue weighted by molar-refractivity contribution is 7.99. The molecule has 2 aromatic carbocycles. The second-order valence-electron chi connectivity index (χ2n) is 6.88. The summed E-state index contributed by atoms with van der Waals surface area (Å²) in [7, 11) is 1.63. The fourth-order valence-electron chi connectivity index (χ4n) is 3.36. The summed E-state index contributed by atoms with van der Waals surface area (Å²) in [4.78, 5) is 5.11. The molecule has 1 aromatic heterocycles. The van der Waals surface area contributed by atoms with E-state index in [0.717, 1.165) is 16.2 Å². The standard InChI is InChI=1S/C21H21Cl2N3O3S.2ClH/c1-27-19-9-15(24)3-5-20(19)30-11-16-10-28-21(29-16,12-26-7-6-25-13-26)17-4-2-14(22)8-18(17)23;;/h2-9,13,16H,10-12,24H2,1H3;2*1H/t16-,21+;;/m0../s1. The zero-order valence-electron chi connectivity index (χ0n) is 17.1. The molecule has 1 aliphatic heterocycles. The van der Waals surface area contributed by atoms with Crippen LogP contribution in [0.2, 0.25) is 10.0 Å². The molecule has 2 atom stereocenters. The Hall–Kier alpha value is -1.32. The molecule has 32 heavy (non-hydrogen) atoms. The van der Waals surface area contributed by atoms with Crippen molar-refractivity contribution in [3.05, 3.63) is 70.7 Å². The van der Waals surface area contributed by atoms with Gasteiger partial charge < -0.3 is 24.5 Å². The molecule has 174 valence electrons. The summed E-state index contributed by atoms with van der Waals surface area (Å²) >= 11 is 14.2. The normalized spacial score (nSPS) is 19.8. The molecule has 0 radical (unpaired) electrons. The molecule has 0 saturated carbocycles. The molecule has 6 nitrogen and oxygen atoms in total. The molecule has 0 amide bonds. The molecule has 4 rings (SSSR count). The molecule has 1 aliphatic rings. The zero-order valence-corrected chi connectivity index (χ0v) is 21.0. The Morgan fingerprint density at radius 1 is 1.25 bits per heavy atom. The van der Waals surface area contributed by atoms with Crippen molar-refractivity contribution in [3.63, 3.8) is 0 Å². The van der Waals surface area contributed by atoms with Crippen molar-refractivity contribution in [2.24, 2.45) is 0 Å². The number of hydrogen-bond acceptors (Lipinski definition) is 6. The average Bonchev–Trinajstić information content (AvgIpc) is 3.37. The fraction of sp³-hybridized carbons (Fsp3) is 0.286. The van der Waals surface area contributed by atoms with Crippen LogP contribution in [0, 0.1) is 0 Å². The lowest BCUT2D eigenvalue weighted by molar-refractivity contribution is -0.184. The number of nitrogens with zero attached hydrogens (tertiary/aromatic N) is 2. The van der Waals surface area contributed by atoms with E-state index in [4.69, 9.17) is 43.1 Å². The van der Waals surface area contributed by atoms with Gasteiger partial charge in [0.2, 0.25) is 5.79 Å². The topological polar surface area (TPSA) is 71.5 Å². The summed E-state index contributed by atoms with van der Waals surface area (Å²) < 4.78 is 20.0. The molecule has 0 unspecified atom stereocenters. The maximum atomic E-state index is 6.51. The molecule has 2 heterocycles. The van der Waals surface area contributed by atoms with Crippen LogP contribution in [0.5, 0.6) is 5.75 Å². The molecule has 0 aliphatic carbocycles. The molecule has 0 spiro atoms. The first-order valence-electron chi connectivity index (χ1n) is 9.28. The molecule has 2 N–H and O–H groups in total. The number of thioether (sulfide) groups is 1. The third kappa shape index (κ3) is 5.97. The van der Waals surface area contributed by atoms with E-state index in [1.807, 2.05) is 35.0 Å². The summed E-state index contributed by atoms with van der Waals surface area (Å²) in [5.74, 6) is 0.389. The second-order valence-corrected chi connectivity index (χ2v) is 8.79.